The summed E-state index contributed by atoms with van der Waals surface area (Å²) in [5.74, 6) is -1.78. The van der Waals surface area contributed by atoms with E-state index in [0.717, 1.165) is 18.2 Å². The second-order valence-electron chi connectivity index (χ2n) is 3.24. The van der Waals surface area contributed by atoms with Crippen LogP contribution < -0.4 is 5.73 Å². The van der Waals surface area contributed by atoms with Crippen LogP contribution in [-0.4, -0.2) is 25.5 Å². The molecule has 0 atom stereocenters. The van der Waals surface area contributed by atoms with Crippen molar-refractivity contribution < 1.29 is 31.8 Å². The van der Waals surface area contributed by atoms with Crippen LogP contribution in [0.3, 0.4) is 0 Å². The maximum Gasteiger partial charge on any atom is 0.411 e. The zero-order valence-electron chi connectivity index (χ0n) is 8.96. The summed E-state index contributed by atoms with van der Waals surface area (Å²) in [6.45, 7) is -2.44. The Morgan fingerprint density at radius 3 is 2.61 bits per heavy atom. The van der Waals surface area contributed by atoms with Gasteiger partial charge in [0, 0.05) is 5.69 Å². The molecule has 1 rings (SSSR count). The van der Waals surface area contributed by atoms with E-state index in [-0.39, 0.29) is 11.3 Å². The summed E-state index contributed by atoms with van der Waals surface area (Å²) in [7, 11) is 0. The van der Waals surface area contributed by atoms with E-state index in [1.807, 2.05) is 0 Å². The van der Waals surface area contributed by atoms with E-state index in [4.69, 9.17) is 5.73 Å². The summed E-state index contributed by atoms with van der Waals surface area (Å²) >= 11 is 0. The van der Waals surface area contributed by atoms with Gasteiger partial charge in [0.1, 0.15) is 12.4 Å². The van der Waals surface area contributed by atoms with Crippen LogP contribution in [0.25, 0.3) is 0 Å². The molecule has 0 unspecified atom stereocenters. The van der Waals surface area contributed by atoms with E-state index in [0.29, 0.717) is 0 Å². The highest BCUT2D eigenvalue weighted by atomic mass is 19.4. The number of rotatable bonds is 4. The van der Waals surface area contributed by atoms with Gasteiger partial charge in [0.05, 0.1) is 5.56 Å². The molecule has 0 fully saturated rings. The largest absolute Gasteiger partial charge is 0.435 e. The van der Waals surface area contributed by atoms with Gasteiger partial charge in [0.15, 0.2) is 6.79 Å². The Morgan fingerprint density at radius 2 is 2.00 bits per heavy atom. The van der Waals surface area contributed by atoms with Gasteiger partial charge in [-0.2, -0.15) is 13.2 Å². The quantitative estimate of drug-likeness (QED) is 0.298. The lowest BCUT2D eigenvalue weighted by Crippen LogP contribution is -2.19. The van der Waals surface area contributed by atoms with E-state index < -0.39 is 31.4 Å². The fraction of sp³-hybridized carbons (Fsp3) is 0.300. The maximum atomic E-state index is 12.8. The van der Waals surface area contributed by atoms with Crippen molar-refractivity contribution in [2.45, 2.75) is 6.18 Å². The Kier molecular flexibility index (Phi) is 4.49. The number of benzene rings is 1. The fourth-order valence-corrected chi connectivity index (χ4v) is 1.04. The monoisotopic (exact) mass is 267 g/mol. The molecule has 1 aromatic rings. The Balaban J connectivity index is 2.48. The normalized spacial score (nSPS) is 11.3. The molecule has 100 valence electrons. The van der Waals surface area contributed by atoms with Crippen molar-refractivity contribution in [3.63, 3.8) is 0 Å². The number of nitrogen functional groups attached to an aromatic ring is 1. The number of anilines is 1. The predicted octanol–water partition coefficient (Wildman–Crippen LogP) is 2.10. The van der Waals surface area contributed by atoms with E-state index in [9.17, 15) is 22.4 Å². The first kappa shape index (κ1) is 14.2. The van der Waals surface area contributed by atoms with Crippen LogP contribution in [0.1, 0.15) is 10.4 Å². The average molecular weight is 267 g/mol. The van der Waals surface area contributed by atoms with Crippen LogP contribution in [0.15, 0.2) is 18.2 Å². The molecule has 0 bridgehead atoms. The minimum Gasteiger partial charge on any atom is -0.435 e. The molecule has 0 spiro atoms. The fourth-order valence-electron chi connectivity index (χ4n) is 1.04. The third-order valence-electron chi connectivity index (χ3n) is 1.77. The molecule has 0 radical (unpaired) electrons. The summed E-state index contributed by atoms with van der Waals surface area (Å²) < 4.78 is 56.3. The molecule has 8 heteroatoms. The Labute approximate surface area is 99.3 Å². The molecule has 0 aliphatic rings. The average Bonchev–Trinajstić information content (AvgIpc) is 2.26. The molecule has 0 saturated heterocycles. The summed E-state index contributed by atoms with van der Waals surface area (Å²) in [5.41, 5.74) is 5.06. The highest BCUT2D eigenvalue weighted by molar-refractivity contribution is 5.94. The minimum atomic E-state index is -4.51. The molecule has 0 heterocycles. The summed E-state index contributed by atoms with van der Waals surface area (Å²) in [6.07, 6.45) is -4.51. The minimum absolute atomic E-state index is 0.0442. The third kappa shape index (κ3) is 4.58. The van der Waals surface area contributed by atoms with Crippen molar-refractivity contribution in [3.05, 3.63) is 29.6 Å². The number of hydrogen-bond donors (Lipinski definition) is 1. The summed E-state index contributed by atoms with van der Waals surface area (Å²) in [4.78, 5) is 11.3. The molecule has 18 heavy (non-hydrogen) atoms. The lowest BCUT2D eigenvalue weighted by molar-refractivity contribution is -0.190. The Morgan fingerprint density at radius 1 is 1.33 bits per heavy atom. The van der Waals surface area contributed by atoms with E-state index >= 15 is 0 Å². The lowest BCUT2D eigenvalue weighted by atomic mass is 10.2. The van der Waals surface area contributed by atoms with Crippen LogP contribution in [0, 0.1) is 5.82 Å². The third-order valence-corrected chi connectivity index (χ3v) is 1.77. The van der Waals surface area contributed by atoms with Crippen molar-refractivity contribution in [3.8, 4) is 0 Å². The topological polar surface area (TPSA) is 61.6 Å². The highest BCUT2D eigenvalue weighted by Gasteiger charge is 2.27. The molecule has 2 N–H and O–H groups in total. The van der Waals surface area contributed by atoms with Crippen molar-refractivity contribution in [1.82, 2.24) is 0 Å². The van der Waals surface area contributed by atoms with Crippen LogP contribution >= 0.6 is 0 Å². The van der Waals surface area contributed by atoms with E-state index in [2.05, 4.69) is 9.47 Å². The molecular weight excluding hydrogens is 258 g/mol. The number of hydrogen-bond acceptors (Lipinski definition) is 4. The van der Waals surface area contributed by atoms with Gasteiger partial charge >= 0.3 is 12.1 Å². The molecule has 0 amide bonds. The molecule has 0 aliphatic carbocycles. The van der Waals surface area contributed by atoms with Gasteiger partial charge in [0.2, 0.25) is 0 Å². The number of esters is 1. The maximum absolute atomic E-state index is 12.8. The first-order valence-electron chi connectivity index (χ1n) is 4.66. The van der Waals surface area contributed by atoms with Gasteiger partial charge in [-0.15, -0.1) is 0 Å². The van der Waals surface area contributed by atoms with Crippen molar-refractivity contribution >= 4 is 11.7 Å². The van der Waals surface area contributed by atoms with Gasteiger partial charge in [-0.25, -0.2) is 9.18 Å². The number of halogens is 4. The zero-order valence-corrected chi connectivity index (χ0v) is 8.96. The molecule has 4 nitrogen and oxygen atoms in total. The van der Waals surface area contributed by atoms with Gasteiger partial charge in [-0.3, -0.25) is 0 Å². The number of alkyl halides is 3. The molecule has 1 aromatic carbocycles. The van der Waals surface area contributed by atoms with Crippen LogP contribution in [0.4, 0.5) is 23.2 Å². The second kappa shape index (κ2) is 5.67. The number of ether oxygens (including phenoxy) is 2. The zero-order chi connectivity index (χ0) is 13.8. The SMILES string of the molecule is Nc1ccc(F)cc1C(=O)OCOCC(F)(F)F. The smallest absolute Gasteiger partial charge is 0.411 e. The number of carbonyl (C=O) groups is 1. The highest BCUT2D eigenvalue weighted by Crippen LogP contribution is 2.16. The number of nitrogens with two attached hydrogens (primary N) is 1. The van der Waals surface area contributed by atoms with Gasteiger partial charge < -0.3 is 15.2 Å². The molecule has 0 aliphatic heterocycles. The van der Waals surface area contributed by atoms with Crippen LogP contribution in [0.5, 0.6) is 0 Å². The van der Waals surface area contributed by atoms with Crippen molar-refractivity contribution in [2.75, 3.05) is 19.1 Å². The first-order chi connectivity index (χ1) is 8.29. The molecule has 0 saturated carbocycles. The molecule has 0 aromatic heterocycles. The second-order valence-corrected chi connectivity index (χ2v) is 3.24. The summed E-state index contributed by atoms with van der Waals surface area (Å²) in [6, 6.07) is 3.00. The Hall–Kier alpha value is -1.83. The lowest BCUT2D eigenvalue weighted by Gasteiger charge is -2.09. The van der Waals surface area contributed by atoms with Gasteiger partial charge in [-0.1, -0.05) is 0 Å². The number of carbonyl (C=O) groups excluding carboxylic acids is 1. The molecular formula is C10H9F4NO3. The van der Waals surface area contributed by atoms with Crippen LogP contribution in [-0.2, 0) is 9.47 Å². The van der Waals surface area contributed by atoms with Crippen LogP contribution in [0.2, 0.25) is 0 Å². The predicted molar refractivity (Wildman–Crippen MR) is 53.1 cm³/mol. The summed E-state index contributed by atoms with van der Waals surface area (Å²) in [5, 5.41) is 0. The van der Waals surface area contributed by atoms with Gasteiger partial charge in [0.25, 0.3) is 0 Å². The van der Waals surface area contributed by atoms with E-state index in [1.54, 1.807) is 0 Å². The van der Waals surface area contributed by atoms with Crippen molar-refractivity contribution in [2.24, 2.45) is 0 Å². The van der Waals surface area contributed by atoms with E-state index in [1.165, 1.54) is 0 Å². The van der Waals surface area contributed by atoms with Gasteiger partial charge in [-0.05, 0) is 18.2 Å². The van der Waals surface area contributed by atoms with Crippen molar-refractivity contribution in [1.29, 1.82) is 0 Å². The first-order valence-corrected chi connectivity index (χ1v) is 4.66. The Bertz CT molecular complexity index is 434. The standard InChI is InChI=1S/C10H9F4NO3/c11-6-1-2-8(15)7(3-6)9(16)18-5-17-4-10(12,13)14/h1-3H,4-5,15H2.